The fourth-order valence-corrected chi connectivity index (χ4v) is 1.48. The number of carboxylic acids is 1. The summed E-state index contributed by atoms with van der Waals surface area (Å²) in [4.78, 5) is 10.4. The molecule has 0 heterocycles. The predicted octanol–water partition coefficient (Wildman–Crippen LogP) is 2.84. The van der Waals surface area contributed by atoms with E-state index in [1.165, 1.54) is 0 Å². The van der Waals surface area contributed by atoms with Gasteiger partial charge in [-0.3, -0.25) is 4.79 Å². The molecule has 0 saturated heterocycles. The summed E-state index contributed by atoms with van der Waals surface area (Å²) in [5, 5.41) is 8.26. The number of carboxylic acid groups (broad SMARTS) is 1. The molecule has 1 aromatic carbocycles. The van der Waals surface area contributed by atoms with Crippen LogP contribution in [0.1, 0.15) is 23.8 Å². The van der Waals surface area contributed by atoms with E-state index >= 15 is 0 Å². The highest BCUT2D eigenvalue weighted by atomic mass is 35.5. The minimum Gasteiger partial charge on any atom is -0.497 e. The van der Waals surface area contributed by atoms with Crippen LogP contribution in [0.2, 0.25) is 0 Å². The zero-order valence-corrected chi connectivity index (χ0v) is 9.20. The number of alkyl halides is 1. The third-order valence-electron chi connectivity index (χ3n) is 2.09. The van der Waals surface area contributed by atoms with Crippen molar-refractivity contribution in [1.29, 1.82) is 0 Å². The predicted molar refractivity (Wildman–Crippen MR) is 58.5 cm³/mol. The number of carbonyl (C=O) groups is 1. The van der Waals surface area contributed by atoms with Crippen molar-refractivity contribution in [3.05, 3.63) is 29.8 Å². The van der Waals surface area contributed by atoms with Crippen molar-refractivity contribution < 1.29 is 14.6 Å². The van der Waals surface area contributed by atoms with Crippen LogP contribution in [-0.2, 0) is 4.79 Å². The van der Waals surface area contributed by atoms with E-state index in [9.17, 15) is 4.79 Å². The molecule has 3 nitrogen and oxygen atoms in total. The quantitative estimate of drug-likeness (QED) is 0.789. The summed E-state index contributed by atoms with van der Waals surface area (Å²) in [5.74, 6) is -0.0602. The molecule has 0 aliphatic carbocycles. The molecule has 0 spiro atoms. The fraction of sp³-hybridized carbons (Fsp3) is 0.364. The van der Waals surface area contributed by atoms with Crippen LogP contribution >= 0.6 is 11.6 Å². The second-order valence-corrected chi connectivity index (χ2v) is 3.70. The van der Waals surface area contributed by atoms with E-state index in [1.807, 2.05) is 24.3 Å². The number of aliphatic carboxylic acids is 1. The van der Waals surface area contributed by atoms with Gasteiger partial charge < -0.3 is 9.84 Å². The number of halogens is 1. The third kappa shape index (κ3) is 3.80. The summed E-state index contributed by atoms with van der Waals surface area (Å²) < 4.78 is 5.01. The maximum absolute atomic E-state index is 10.4. The molecule has 1 unspecified atom stereocenters. The topological polar surface area (TPSA) is 46.5 Å². The highest BCUT2D eigenvalue weighted by Gasteiger charge is 2.09. The largest absolute Gasteiger partial charge is 0.497 e. The maximum atomic E-state index is 10.4. The van der Waals surface area contributed by atoms with Crippen LogP contribution < -0.4 is 4.74 Å². The molecule has 1 atom stereocenters. The summed E-state index contributed by atoms with van der Waals surface area (Å²) in [6.45, 7) is 0. The van der Waals surface area contributed by atoms with E-state index in [0.29, 0.717) is 6.42 Å². The van der Waals surface area contributed by atoms with Crippen LogP contribution in [0.5, 0.6) is 5.75 Å². The van der Waals surface area contributed by atoms with Gasteiger partial charge in [-0.1, -0.05) is 12.1 Å². The van der Waals surface area contributed by atoms with E-state index in [2.05, 4.69) is 0 Å². The van der Waals surface area contributed by atoms with Crippen molar-refractivity contribution in [3.63, 3.8) is 0 Å². The zero-order valence-electron chi connectivity index (χ0n) is 8.44. The van der Waals surface area contributed by atoms with Crippen molar-refractivity contribution in [2.75, 3.05) is 7.11 Å². The monoisotopic (exact) mass is 228 g/mol. The summed E-state index contributed by atoms with van der Waals surface area (Å²) in [6.07, 6.45) is 0.517. The smallest absolute Gasteiger partial charge is 0.303 e. The van der Waals surface area contributed by atoms with Crippen molar-refractivity contribution in [2.24, 2.45) is 0 Å². The summed E-state index contributed by atoms with van der Waals surface area (Å²) in [5.41, 5.74) is 0.915. The lowest BCUT2D eigenvalue weighted by atomic mass is 10.1. The Hall–Kier alpha value is -1.22. The molecule has 82 valence electrons. The number of ether oxygens (including phenoxy) is 1. The Labute approximate surface area is 93.6 Å². The van der Waals surface area contributed by atoms with Crippen LogP contribution in [-0.4, -0.2) is 18.2 Å². The lowest BCUT2D eigenvalue weighted by molar-refractivity contribution is -0.137. The van der Waals surface area contributed by atoms with E-state index in [-0.39, 0.29) is 11.8 Å². The van der Waals surface area contributed by atoms with Gasteiger partial charge in [-0.2, -0.15) is 0 Å². The second kappa shape index (κ2) is 5.61. The van der Waals surface area contributed by atoms with Crippen LogP contribution in [0, 0.1) is 0 Å². The van der Waals surface area contributed by atoms with Crippen LogP contribution in [0.3, 0.4) is 0 Å². The molecule has 1 rings (SSSR count). The molecule has 4 heteroatoms. The van der Waals surface area contributed by atoms with Gasteiger partial charge in [0.1, 0.15) is 5.75 Å². The maximum Gasteiger partial charge on any atom is 0.303 e. The number of methoxy groups -OCH3 is 1. The molecule has 15 heavy (non-hydrogen) atoms. The molecule has 0 bridgehead atoms. The van der Waals surface area contributed by atoms with Crippen LogP contribution in [0.4, 0.5) is 0 Å². The molecule has 0 amide bonds. The molecule has 0 aliphatic rings. The molecule has 1 aromatic rings. The average molecular weight is 229 g/mol. The highest BCUT2D eigenvalue weighted by Crippen LogP contribution is 2.26. The minimum absolute atomic E-state index is 0.0835. The Bertz CT molecular complexity index is 321. The van der Waals surface area contributed by atoms with Crippen LogP contribution in [0.25, 0.3) is 0 Å². The zero-order chi connectivity index (χ0) is 11.3. The highest BCUT2D eigenvalue weighted by molar-refractivity contribution is 6.20. The Morgan fingerprint density at radius 3 is 2.53 bits per heavy atom. The van der Waals surface area contributed by atoms with Crippen LogP contribution in [0.15, 0.2) is 24.3 Å². The van der Waals surface area contributed by atoms with Crippen molar-refractivity contribution >= 4 is 17.6 Å². The first-order chi connectivity index (χ1) is 7.13. The van der Waals surface area contributed by atoms with Gasteiger partial charge in [-0.15, -0.1) is 11.6 Å². The third-order valence-corrected chi connectivity index (χ3v) is 2.56. The minimum atomic E-state index is -0.825. The second-order valence-electron chi connectivity index (χ2n) is 3.17. The first-order valence-electron chi connectivity index (χ1n) is 4.63. The lowest BCUT2D eigenvalue weighted by Crippen LogP contribution is -1.98. The Balaban J connectivity index is 2.57. The van der Waals surface area contributed by atoms with Gasteiger partial charge >= 0.3 is 5.97 Å². The van der Waals surface area contributed by atoms with E-state index < -0.39 is 5.97 Å². The fourth-order valence-electron chi connectivity index (χ4n) is 1.23. The molecule has 0 aromatic heterocycles. The van der Waals surface area contributed by atoms with E-state index in [4.69, 9.17) is 21.4 Å². The number of rotatable bonds is 5. The molecule has 0 fully saturated rings. The normalized spacial score (nSPS) is 12.1. The van der Waals surface area contributed by atoms with Gasteiger partial charge in [0.15, 0.2) is 0 Å². The number of benzene rings is 1. The molecule has 0 radical (unpaired) electrons. The summed E-state index contributed by atoms with van der Waals surface area (Å²) in [6, 6.07) is 7.31. The Morgan fingerprint density at radius 1 is 1.47 bits per heavy atom. The molecule has 1 N–H and O–H groups in total. The van der Waals surface area contributed by atoms with Gasteiger partial charge in [0.25, 0.3) is 0 Å². The van der Waals surface area contributed by atoms with Gasteiger partial charge in [-0.25, -0.2) is 0 Å². The molecular formula is C11H13ClO3. The SMILES string of the molecule is COc1ccc(C(Cl)CCC(=O)O)cc1. The molecule has 0 aliphatic heterocycles. The van der Waals surface area contributed by atoms with E-state index in [0.717, 1.165) is 11.3 Å². The van der Waals surface area contributed by atoms with Gasteiger partial charge in [0.05, 0.1) is 12.5 Å². The number of hydrogen-bond acceptors (Lipinski definition) is 2. The van der Waals surface area contributed by atoms with Gasteiger partial charge in [-0.05, 0) is 24.1 Å². The first-order valence-corrected chi connectivity index (χ1v) is 5.07. The molecule has 0 saturated carbocycles. The Morgan fingerprint density at radius 2 is 2.07 bits per heavy atom. The lowest BCUT2D eigenvalue weighted by Gasteiger charge is -2.08. The first kappa shape index (κ1) is 11.9. The van der Waals surface area contributed by atoms with E-state index in [1.54, 1.807) is 7.11 Å². The summed E-state index contributed by atoms with van der Waals surface area (Å²) in [7, 11) is 1.59. The van der Waals surface area contributed by atoms with Crippen molar-refractivity contribution in [2.45, 2.75) is 18.2 Å². The standard InChI is InChI=1S/C11H13ClO3/c1-15-9-4-2-8(3-5-9)10(12)6-7-11(13)14/h2-5,10H,6-7H2,1H3,(H,13,14). The van der Waals surface area contributed by atoms with Gasteiger partial charge in [0, 0.05) is 6.42 Å². The summed E-state index contributed by atoms with van der Waals surface area (Å²) >= 11 is 6.04. The average Bonchev–Trinajstić information content (AvgIpc) is 2.26. The van der Waals surface area contributed by atoms with Gasteiger partial charge in [0.2, 0.25) is 0 Å². The molecular weight excluding hydrogens is 216 g/mol. The van der Waals surface area contributed by atoms with Crippen molar-refractivity contribution in [3.8, 4) is 5.75 Å². The Kier molecular flexibility index (Phi) is 4.43. The number of hydrogen-bond donors (Lipinski definition) is 1. The van der Waals surface area contributed by atoms with Crippen molar-refractivity contribution in [1.82, 2.24) is 0 Å².